The van der Waals surface area contributed by atoms with E-state index in [1.165, 1.54) is 83.2 Å². The molecular formula is C44H41IP2. The summed E-state index contributed by atoms with van der Waals surface area (Å²) in [7, 11) is -1.50. The van der Waals surface area contributed by atoms with Crippen molar-refractivity contribution in [3.63, 3.8) is 0 Å². The Morgan fingerprint density at radius 2 is 0.617 bits per heavy atom. The van der Waals surface area contributed by atoms with Crippen molar-refractivity contribution in [2.24, 2.45) is 0 Å². The maximum absolute atomic E-state index is 2.55. The number of benzene rings is 6. The minimum absolute atomic E-state index is 0. The summed E-state index contributed by atoms with van der Waals surface area (Å²) in [6.07, 6.45) is 9.84. The average Bonchev–Trinajstić information content (AvgIpc) is 3.14. The third-order valence-electron chi connectivity index (χ3n) is 9.81. The van der Waals surface area contributed by atoms with Crippen LogP contribution >= 0.6 is 39.8 Å². The zero-order valence-electron chi connectivity index (χ0n) is 26.8. The molecule has 6 aromatic carbocycles. The highest BCUT2D eigenvalue weighted by molar-refractivity contribution is 14.0. The van der Waals surface area contributed by atoms with E-state index in [1.807, 2.05) is 0 Å². The van der Waals surface area contributed by atoms with Crippen LogP contribution in [0.5, 0.6) is 0 Å². The Hall–Kier alpha value is -3.09. The fourth-order valence-electron chi connectivity index (χ4n) is 7.72. The Labute approximate surface area is 300 Å². The van der Waals surface area contributed by atoms with Crippen LogP contribution in [-0.2, 0) is 25.7 Å². The number of aryl methyl sites for hydroxylation is 2. The van der Waals surface area contributed by atoms with Crippen LogP contribution in [0, 0.1) is 0 Å². The van der Waals surface area contributed by atoms with Crippen molar-refractivity contribution in [3.8, 4) is 11.1 Å². The van der Waals surface area contributed by atoms with E-state index >= 15 is 0 Å². The highest BCUT2D eigenvalue weighted by Gasteiger charge is 2.31. The Bertz CT molecular complexity index is 1720. The number of fused-ring (bicyclic) bond motifs is 2. The number of hydrogen-bond acceptors (Lipinski definition) is 0. The molecular weight excluding hydrogens is 717 g/mol. The van der Waals surface area contributed by atoms with Gasteiger partial charge in [-0.1, -0.05) is 146 Å². The summed E-state index contributed by atoms with van der Waals surface area (Å²) < 4.78 is 0. The second-order valence-electron chi connectivity index (χ2n) is 12.6. The van der Waals surface area contributed by atoms with Crippen molar-refractivity contribution in [2.45, 2.75) is 51.4 Å². The molecule has 0 atom stereocenters. The molecule has 0 unspecified atom stereocenters. The third kappa shape index (κ3) is 6.53. The van der Waals surface area contributed by atoms with Crippen molar-refractivity contribution < 1.29 is 0 Å². The minimum atomic E-state index is -0.752. The van der Waals surface area contributed by atoms with Gasteiger partial charge in [0, 0.05) is 0 Å². The zero-order valence-corrected chi connectivity index (χ0v) is 30.9. The fourth-order valence-corrected chi connectivity index (χ4v) is 12.7. The van der Waals surface area contributed by atoms with Gasteiger partial charge in [-0.3, -0.25) is 0 Å². The molecule has 0 saturated carbocycles. The first-order valence-electron chi connectivity index (χ1n) is 17.0. The molecule has 0 heterocycles. The van der Waals surface area contributed by atoms with Gasteiger partial charge < -0.3 is 0 Å². The number of rotatable bonds is 7. The molecule has 47 heavy (non-hydrogen) atoms. The summed E-state index contributed by atoms with van der Waals surface area (Å²) in [6, 6.07) is 55.5. The van der Waals surface area contributed by atoms with Gasteiger partial charge in [-0.15, -0.1) is 24.0 Å². The van der Waals surface area contributed by atoms with Crippen molar-refractivity contribution in [2.75, 3.05) is 0 Å². The van der Waals surface area contributed by atoms with E-state index in [2.05, 4.69) is 146 Å². The topological polar surface area (TPSA) is 0 Å². The van der Waals surface area contributed by atoms with Crippen molar-refractivity contribution in [1.29, 1.82) is 0 Å². The summed E-state index contributed by atoms with van der Waals surface area (Å²) >= 11 is 0. The smallest absolute Gasteiger partial charge is 0.00559 e. The number of halogens is 1. The molecule has 0 spiro atoms. The monoisotopic (exact) mass is 758 g/mol. The number of hydrogen-bond donors (Lipinski definition) is 0. The Balaban J connectivity index is 0.00000351. The molecule has 0 N–H and O–H groups in total. The van der Waals surface area contributed by atoms with E-state index in [1.54, 1.807) is 33.4 Å². The summed E-state index contributed by atoms with van der Waals surface area (Å²) in [4.78, 5) is 0. The van der Waals surface area contributed by atoms with Gasteiger partial charge in [0.15, 0.2) is 0 Å². The van der Waals surface area contributed by atoms with Crippen LogP contribution in [-0.4, -0.2) is 0 Å². The summed E-state index contributed by atoms with van der Waals surface area (Å²) in [5.74, 6) is 0. The van der Waals surface area contributed by atoms with Crippen LogP contribution < -0.4 is 31.8 Å². The SMILES string of the molecule is I.c1ccc(P(c2ccccc2)c2ccc3c(c2-c2c(P(c4ccccc4)c4ccccc4)ccc4c2CCCC4)CCCC3)cc1. The van der Waals surface area contributed by atoms with Gasteiger partial charge >= 0.3 is 0 Å². The van der Waals surface area contributed by atoms with Crippen LogP contribution in [0.25, 0.3) is 11.1 Å². The first-order valence-corrected chi connectivity index (χ1v) is 19.7. The molecule has 0 nitrogen and oxygen atoms in total. The van der Waals surface area contributed by atoms with Crippen molar-refractivity contribution in [1.82, 2.24) is 0 Å². The Morgan fingerprint density at radius 3 is 0.936 bits per heavy atom. The maximum Gasteiger partial charge on any atom is -0.00559 e. The Kier molecular flexibility index (Phi) is 10.4. The lowest BCUT2D eigenvalue weighted by atomic mass is 9.81. The molecule has 8 rings (SSSR count). The summed E-state index contributed by atoms with van der Waals surface area (Å²) in [6.45, 7) is 0. The largest absolute Gasteiger partial charge is 0.107 e. The Morgan fingerprint density at radius 1 is 0.319 bits per heavy atom. The normalized spacial score (nSPS) is 13.9. The zero-order chi connectivity index (χ0) is 30.7. The molecule has 234 valence electrons. The second-order valence-corrected chi connectivity index (χ2v) is 17.0. The maximum atomic E-state index is 2.55. The quantitative estimate of drug-likeness (QED) is 0.113. The molecule has 0 aromatic heterocycles. The van der Waals surface area contributed by atoms with E-state index in [9.17, 15) is 0 Å². The lowest BCUT2D eigenvalue weighted by Crippen LogP contribution is -2.29. The van der Waals surface area contributed by atoms with Gasteiger partial charge in [0.1, 0.15) is 0 Å². The first-order chi connectivity index (χ1) is 22.9. The predicted octanol–water partition coefficient (Wildman–Crippen LogP) is 9.25. The van der Waals surface area contributed by atoms with Gasteiger partial charge in [0.25, 0.3) is 0 Å². The van der Waals surface area contributed by atoms with Crippen molar-refractivity contribution >= 4 is 71.6 Å². The highest BCUT2D eigenvalue weighted by atomic mass is 127. The molecule has 0 fully saturated rings. The van der Waals surface area contributed by atoms with E-state index in [0.717, 1.165) is 0 Å². The van der Waals surface area contributed by atoms with Crippen molar-refractivity contribution in [3.05, 3.63) is 168 Å². The van der Waals surface area contributed by atoms with Crippen LogP contribution in [0.15, 0.2) is 146 Å². The van der Waals surface area contributed by atoms with Gasteiger partial charge in [-0.25, -0.2) is 0 Å². The van der Waals surface area contributed by atoms with E-state index < -0.39 is 15.8 Å². The first kappa shape index (κ1) is 32.5. The molecule has 6 aromatic rings. The van der Waals surface area contributed by atoms with Gasteiger partial charge in [-0.2, -0.15) is 0 Å². The molecule has 3 heteroatoms. The molecule has 0 amide bonds. The van der Waals surface area contributed by atoms with Crippen LogP contribution in [0.2, 0.25) is 0 Å². The lowest BCUT2D eigenvalue weighted by Gasteiger charge is -2.33. The third-order valence-corrected chi connectivity index (χ3v) is 14.8. The van der Waals surface area contributed by atoms with Crippen LogP contribution in [0.1, 0.15) is 47.9 Å². The summed E-state index contributed by atoms with van der Waals surface area (Å²) in [5.41, 5.74) is 9.54. The lowest BCUT2D eigenvalue weighted by molar-refractivity contribution is 0.682. The van der Waals surface area contributed by atoms with Gasteiger partial charge in [-0.05, 0) is 132 Å². The molecule has 0 saturated heterocycles. The molecule has 0 radical (unpaired) electrons. The highest BCUT2D eigenvalue weighted by Crippen LogP contribution is 2.46. The standard InChI is InChI=1S/C44H40P2.HI/c1-5-19-35(20-6-1)45(36-21-7-2-8-22-36)41-31-29-33-17-13-15-27-39(33)43(41)44-40-28-16-14-18-34(40)30-32-42(44)46(37-23-9-3-10-24-37)38-25-11-4-12-26-38;/h1-12,19-26,29-32H,13-18,27-28H2;1H. The molecule has 0 aliphatic heterocycles. The van der Waals surface area contributed by atoms with E-state index in [4.69, 9.17) is 0 Å². The van der Waals surface area contributed by atoms with Gasteiger partial charge in [0.05, 0.1) is 0 Å². The van der Waals surface area contributed by atoms with E-state index in [0.29, 0.717) is 0 Å². The van der Waals surface area contributed by atoms with Gasteiger partial charge in [0.2, 0.25) is 0 Å². The fraction of sp³-hybridized carbons (Fsp3) is 0.182. The average molecular weight is 759 g/mol. The minimum Gasteiger partial charge on any atom is -0.107 e. The molecule has 2 aliphatic rings. The summed E-state index contributed by atoms with van der Waals surface area (Å²) in [5, 5.41) is 8.79. The predicted molar refractivity (Wildman–Crippen MR) is 218 cm³/mol. The molecule has 0 bridgehead atoms. The molecule has 2 aliphatic carbocycles. The van der Waals surface area contributed by atoms with E-state index in [-0.39, 0.29) is 24.0 Å². The van der Waals surface area contributed by atoms with Crippen LogP contribution in [0.4, 0.5) is 0 Å². The van der Waals surface area contributed by atoms with Crippen LogP contribution in [0.3, 0.4) is 0 Å². The second kappa shape index (κ2) is 15.0.